The molecular weight excluding hydrogens is 260 g/mol. The highest BCUT2D eigenvalue weighted by Gasteiger charge is 2.12. The van der Waals surface area contributed by atoms with Gasteiger partial charge in [0.25, 0.3) is 0 Å². The number of hydrogen-bond donors (Lipinski definition) is 2. The Bertz CT molecular complexity index is 690. The van der Waals surface area contributed by atoms with Gasteiger partial charge in [-0.05, 0) is 23.6 Å². The number of ether oxygens (including phenoxy) is 1. The molecule has 0 amide bonds. The number of aromatic amines is 1. The second-order valence-electron chi connectivity index (χ2n) is 3.94. The first-order valence-corrected chi connectivity index (χ1v) is 6.56. The van der Waals surface area contributed by atoms with Crippen LogP contribution in [0.5, 0.6) is 5.75 Å². The average molecular weight is 272 g/mol. The van der Waals surface area contributed by atoms with E-state index >= 15 is 0 Å². The molecule has 3 aromatic rings. The van der Waals surface area contributed by atoms with Gasteiger partial charge in [0.2, 0.25) is 0 Å². The van der Waals surface area contributed by atoms with Crippen LogP contribution in [-0.2, 0) is 0 Å². The number of hydrogen-bond acceptors (Lipinski definition) is 5. The van der Waals surface area contributed by atoms with E-state index in [0.717, 1.165) is 16.3 Å². The number of thiophene rings is 1. The van der Waals surface area contributed by atoms with Crippen molar-refractivity contribution in [1.29, 1.82) is 0 Å². The molecule has 2 aromatic heterocycles. The number of aromatic nitrogens is 3. The first kappa shape index (κ1) is 11.7. The summed E-state index contributed by atoms with van der Waals surface area (Å²) >= 11 is 1.61. The number of H-pyrrole nitrogens is 1. The van der Waals surface area contributed by atoms with Crippen molar-refractivity contribution in [2.75, 3.05) is 12.8 Å². The number of anilines is 1. The molecule has 5 nitrogen and oxygen atoms in total. The molecule has 2 heterocycles. The molecule has 19 heavy (non-hydrogen) atoms. The standard InChI is InChI=1S/C13H12N4OS/c1-18-10-7-8(14)4-5-9(10)12-15-13(17-16-12)11-3-2-6-19-11/h2-7H,14H2,1H3,(H,15,16,17). The third-order valence-corrected chi connectivity index (χ3v) is 3.58. The van der Waals surface area contributed by atoms with Gasteiger partial charge in [0.1, 0.15) is 5.75 Å². The lowest BCUT2D eigenvalue weighted by Gasteiger charge is -2.05. The Labute approximate surface area is 114 Å². The van der Waals surface area contributed by atoms with Crippen LogP contribution in [0.1, 0.15) is 0 Å². The molecule has 0 spiro atoms. The molecule has 6 heteroatoms. The number of nitrogens with zero attached hydrogens (tertiary/aromatic N) is 2. The Morgan fingerprint density at radius 2 is 2.21 bits per heavy atom. The maximum absolute atomic E-state index is 5.74. The van der Waals surface area contributed by atoms with E-state index in [1.54, 1.807) is 30.6 Å². The molecule has 3 N–H and O–H groups in total. The van der Waals surface area contributed by atoms with Crippen LogP contribution in [0.25, 0.3) is 22.1 Å². The van der Waals surface area contributed by atoms with Gasteiger partial charge in [-0.15, -0.1) is 11.3 Å². The highest BCUT2D eigenvalue weighted by Crippen LogP contribution is 2.31. The summed E-state index contributed by atoms with van der Waals surface area (Å²) in [5.74, 6) is 2.01. The van der Waals surface area contributed by atoms with Crippen molar-refractivity contribution in [3.05, 3.63) is 35.7 Å². The highest BCUT2D eigenvalue weighted by atomic mass is 32.1. The van der Waals surface area contributed by atoms with Crippen LogP contribution in [0.3, 0.4) is 0 Å². The Morgan fingerprint density at radius 3 is 2.95 bits per heavy atom. The van der Waals surface area contributed by atoms with E-state index in [0.29, 0.717) is 17.3 Å². The first-order valence-electron chi connectivity index (χ1n) is 5.68. The number of nitrogens with two attached hydrogens (primary N) is 1. The van der Waals surface area contributed by atoms with E-state index < -0.39 is 0 Å². The quantitative estimate of drug-likeness (QED) is 0.719. The third kappa shape index (κ3) is 2.17. The molecule has 0 fully saturated rings. The average Bonchev–Trinajstić information content (AvgIpc) is 3.09. The Morgan fingerprint density at radius 1 is 1.32 bits per heavy atom. The number of methoxy groups -OCH3 is 1. The maximum atomic E-state index is 5.74. The van der Waals surface area contributed by atoms with Gasteiger partial charge in [-0.25, -0.2) is 4.98 Å². The maximum Gasteiger partial charge on any atom is 0.185 e. The van der Waals surface area contributed by atoms with Gasteiger partial charge >= 0.3 is 0 Å². The molecule has 0 aliphatic carbocycles. The van der Waals surface area contributed by atoms with Crippen LogP contribution < -0.4 is 10.5 Å². The van der Waals surface area contributed by atoms with Crippen molar-refractivity contribution < 1.29 is 4.74 Å². The first-order chi connectivity index (χ1) is 9.28. The van der Waals surface area contributed by atoms with Crippen molar-refractivity contribution in [2.24, 2.45) is 0 Å². The lowest BCUT2D eigenvalue weighted by molar-refractivity contribution is 0.416. The molecule has 0 radical (unpaired) electrons. The van der Waals surface area contributed by atoms with Crippen LogP contribution in [0, 0.1) is 0 Å². The van der Waals surface area contributed by atoms with Gasteiger partial charge in [0.05, 0.1) is 17.6 Å². The Balaban J connectivity index is 2.03. The molecule has 0 aliphatic rings. The van der Waals surface area contributed by atoms with Crippen LogP contribution in [0.15, 0.2) is 35.7 Å². The summed E-state index contributed by atoms with van der Waals surface area (Å²) in [4.78, 5) is 5.53. The summed E-state index contributed by atoms with van der Waals surface area (Å²) in [6, 6.07) is 9.40. The van der Waals surface area contributed by atoms with Gasteiger partial charge in [-0.1, -0.05) is 6.07 Å². The van der Waals surface area contributed by atoms with Crippen molar-refractivity contribution in [3.63, 3.8) is 0 Å². The number of nitrogen functional groups attached to an aromatic ring is 1. The smallest absolute Gasteiger partial charge is 0.185 e. The van der Waals surface area contributed by atoms with E-state index in [1.807, 2.05) is 23.6 Å². The number of rotatable bonds is 3. The summed E-state index contributed by atoms with van der Waals surface area (Å²) in [7, 11) is 1.60. The van der Waals surface area contributed by atoms with Gasteiger partial charge in [-0.3, -0.25) is 5.10 Å². The van der Waals surface area contributed by atoms with Crippen LogP contribution in [0.4, 0.5) is 5.69 Å². The highest BCUT2D eigenvalue weighted by molar-refractivity contribution is 7.13. The monoisotopic (exact) mass is 272 g/mol. The molecule has 0 aliphatic heterocycles. The topological polar surface area (TPSA) is 76.8 Å². The lowest BCUT2D eigenvalue weighted by atomic mass is 10.1. The van der Waals surface area contributed by atoms with Gasteiger partial charge in [0.15, 0.2) is 11.6 Å². The zero-order valence-electron chi connectivity index (χ0n) is 10.3. The van der Waals surface area contributed by atoms with Crippen molar-refractivity contribution >= 4 is 17.0 Å². The fourth-order valence-corrected chi connectivity index (χ4v) is 2.46. The number of nitrogens with one attached hydrogen (secondary N) is 1. The van der Waals surface area contributed by atoms with E-state index in [9.17, 15) is 0 Å². The molecule has 3 rings (SSSR count). The SMILES string of the molecule is COc1cc(N)ccc1-c1n[nH]c(-c2cccs2)n1. The predicted octanol–water partition coefficient (Wildman–Crippen LogP) is 2.79. The van der Waals surface area contributed by atoms with Gasteiger partial charge < -0.3 is 10.5 Å². The van der Waals surface area contributed by atoms with Crippen LogP contribution >= 0.6 is 11.3 Å². The Hall–Kier alpha value is -2.34. The van der Waals surface area contributed by atoms with Crippen LogP contribution in [-0.4, -0.2) is 22.3 Å². The van der Waals surface area contributed by atoms with Crippen LogP contribution in [0.2, 0.25) is 0 Å². The van der Waals surface area contributed by atoms with Crippen molar-refractivity contribution in [2.45, 2.75) is 0 Å². The minimum atomic E-state index is 0.597. The predicted molar refractivity (Wildman–Crippen MR) is 76.1 cm³/mol. The summed E-state index contributed by atoms with van der Waals surface area (Å²) in [6.45, 7) is 0. The van der Waals surface area contributed by atoms with E-state index in [4.69, 9.17) is 10.5 Å². The normalized spacial score (nSPS) is 10.6. The molecule has 0 atom stereocenters. The number of benzene rings is 1. The zero-order valence-corrected chi connectivity index (χ0v) is 11.1. The molecule has 0 saturated carbocycles. The third-order valence-electron chi connectivity index (χ3n) is 2.71. The van der Waals surface area contributed by atoms with Crippen molar-refractivity contribution in [1.82, 2.24) is 15.2 Å². The molecular formula is C13H12N4OS. The van der Waals surface area contributed by atoms with E-state index in [-0.39, 0.29) is 0 Å². The summed E-state index contributed by atoms with van der Waals surface area (Å²) in [5.41, 5.74) is 7.20. The van der Waals surface area contributed by atoms with E-state index in [1.165, 1.54) is 0 Å². The van der Waals surface area contributed by atoms with Crippen molar-refractivity contribution in [3.8, 4) is 27.8 Å². The lowest BCUT2D eigenvalue weighted by Crippen LogP contribution is -1.92. The molecule has 0 bridgehead atoms. The molecule has 1 aromatic carbocycles. The molecule has 0 unspecified atom stereocenters. The van der Waals surface area contributed by atoms with Gasteiger partial charge in [-0.2, -0.15) is 5.10 Å². The second-order valence-corrected chi connectivity index (χ2v) is 4.89. The zero-order chi connectivity index (χ0) is 13.2. The fraction of sp³-hybridized carbons (Fsp3) is 0.0769. The van der Waals surface area contributed by atoms with E-state index in [2.05, 4.69) is 15.2 Å². The molecule has 96 valence electrons. The second kappa shape index (κ2) is 4.74. The minimum Gasteiger partial charge on any atom is -0.496 e. The summed E-state index contributed by atoms with van der Waals surface area (Å²) in [5, 5.41) is 9.17. The largest absolute Gasteiger partial charge is 0.496 e. The summed E-state index contributed by atoms with van der Waals surface area (Å²) in [6.07, 6.45) is 0. The Kier molecular flexibility index (Phi) is 2.92. The summed E-state index contributed by atoms with van der Waals surface area (Å²) < 4.78 is 5.31. The molecule has 0 saturated heterocycles. The fourth-order valence-electron chi connectivity index (χ4n) is 1.80. The van der Waals surface area contributed by atoms with Gasteiger partial charge in [0, 0.05) is 11.8 Å². The minimum absolute atomic E-state index is 0.597.